The van der Waals surface area contributed by atoms with Crippen molar-refractivity contribution in [3.05, 3.63) is 29.8 Å². The van der Waals surface area contributed by atoms with Crippen LogP contribution in [-0.4, -0.2) is 46.8 Å². The second kappa shape index (κ2) is 8.73. The molecule has 2 N–H and O–H groups in total. The summed E-state index contributed by atoms with van der Waals surface area (Å²) in [5.41, 5.74) is 0.935. The quantitative estimate of drug-likeness (QED) is 0.793. The Morgan fingerprint density at radius 3 is 2.75 bits per heavy atom. The molecule has 1 heterocycles. The third-order valence-electron chi connectivity index (χ3n) is 3.89. The Kier molecular flexibility index (Phi) is 6.66. The average Bonchev–Trinajstić information content (AvgIpc) is 2.98. The highest BCUT2D eigenvalue weighted by Crippen LogP contribution is 2.18. The van der Waals surface area contributed by atoms with Gasteiger partial charge >= 0.3 is 0 Å². The third kappa shape index (κ3) is 4.99. The smallest absolute Gasteiger partial charge is 0.281 e. The fourth-order valence-corrected chi connectivity index (χ4v) is 3.12. The highest BCUT2D eigenvalue weighted by molar-refractivity contribution is 8.13. The first kappa shape index (κ1) is 18.3. The Morgan fingerprint density at radius 2 is 2.08 bits per heavy atom. The topological polar surface area (TPSA) is 78.5 Å². The summed E-state index contributed by atoms with van der Waals surface area (Å²) in [7, 11) is 0. The predicted molar refractivity (Wildman–Crippen MR) is 96.3 cm³/mol. The zero-order chi connectivity index (χ0) is 17.5. The van der Waals surface area contributed by atoms with Gasteiger partial charge in [0.15, 0.2) is 0 Å². The van der Waals surface area contributed by atoms with E-state index < -0.39 is 0 Å². The van der Waals surface area contributed by atoms with E-state index in [4.69, 9.17) is 0 Å². The fraction of sp³-hybridized carbons (Fsp3) is 0.471. The van der Waals surface area contributed by atoms with Crippen LogP contribution < -0.4 is 10.6 Å². The van der Waals surface area contributed by atoms with Crippen molar-refractivity contribution >= 4 is 34.5 Å². The number of para-hydroxylation sites is 1. The van der Waals surface area contributed by atoms with E-state index in [1.807, 2.05) is 13.8 Å². The summed E-state index contributed by atoms with van der Waals surface area (Å²) in [5, 5.41) is 5.70. The molecular formula is C17H23N3O3S. The van der Waals surface area contributed by atoms with Crippen LogP contribution in [0, 0.1) is 0 Å². The molecule has 1 aromatic rings. The number of benzene rings is 1. The summed E-state index contributed by atoms with van der Waals surface area (Å²) in [4.78, 5) is 37.6. The second-order valence-corrected chi connectivity index (χ2v) is 6.77. The van der Waals surface area contributed by atoms with E-state index >= 15 is 0 Å². The van der Waals surface area contributed by atoms with Crippen LogP contribution in [0.3, 0.4) is 0 Å². The molecule has 1 aromatic carbocycles. The molecular weight excluding hydrogens is 326 g/mol. The number of nitrogens with one attached hydrogen (secondary N) is 2. The van der Waals surface area contributed by atoms with Crippen LogP contribution in [0.15, 0.2) is 24.3 Å². The van der Waals surface area contributed by atoms with Crippen molar-refractivity contribution in [1.29, 1.82) is 0 Å². The van der Waals surface area contributed by atoms with Gasteiger partial charge in [-0.25, -0.2) is 0 Å². The van der Waals surface area contributed by atoms with Crippen LogP contribution >= 0.6 is 11.8 Å². The standard InChI is InChI=1S/C17H23N3O3S/c1-3-12(2)18-16(22)13-6-4-5-7-14(13)19-15(21)8-9-20-10-11-24-17(20)23/h4-7,12H,3,8-11H2,1-2H3,(H,18,22)(H,19,21)/t12-/m1/s1. The second-order valence-electron chi connectivity index (χ2n) is 5.73. The Labute approximate surface area is 146 Å². The first-order valence-electron chi connectivity index (χ1n) is 8.12. The lowest BCUT2D eigenvalue weighted by atomic mass is 10.1. The summed E-state index contributed by atoms with van der Waals surface area (Å²) >= 11 is 1.28. The normalized spacial score (nSPS) is 15.2. The molecule has 1 aliphatic rings. The molecule has 3 amide bonds. The van der Waals surface area contributed by atoms with Gasteiger partial charge in [-0.15, -0.1) is 0 Å². The van der Waals surface area contributed by atoms with E-state index in [2.05, 4.69) is 10.6 Å². The van der Waals surface area contributed by atoms with Gasteiger partial charge in [-0.3, -0.25) is 14.4 Å². The van der Waals surface area contributed by atoms with Gasteiger partial charge in [0.1, 0.15) is 0 Å². The molecule has 1 saturated heterocycles. The number of thioether (sulfide) groups is 1. The fourth-order valence-electron chi connectivity index (χ4n) is 2.27. The number of rotatable bonds is 7. The number of nitrogens with zero attached hydrogens (tertiary/aromatic N) is 1. The minimum Gasteiger partial charge on any atom is -0.350 e. The van der Waals surface area contributed by atoms with Gasteiger partial charge in [0.2, 0.25) is 5.91 Å². The lowest BCUT2D eigenvalue weighted by Gasteiger charge is -2.16. The van der Waals surface area contributed by atoms with E-state index in [1.165, 1.54) is 11.8 Å². The molecule has 1 fully saturated rings. The molecule has 2 rings (SSSR count). The van der Waals surface area contributed by atoms with Crippen LogP contribution in [0.4, 0.5) is 10.5 Å². The number of carbonyl (C=O) groups is 3. The zero-order valence-electron chi connectivity index (χ0n) is 14.0. The van der Waals surface area contributed by atoms with Gasteiger partial charge in [0, 0.05) is 31.3 Å². The van der Waals surface area contributed by atoms with Crippen molar-refractivity contribution in [3.8, 4) is 0 Å². The monoisotopic (exact) mass is 349 g/mol. The molecule has 6 nitrogen and oxygen atoms in total. The molecule has 0 aromatic heterocycles. The highest BCUT2D eigenvalue weighted by Gasteiger charge is 2.21. The first-order chi connectivity index (χ1) is 11.5. The Hall–Kier alpha value is -2.02. The lowest BCUT2D eigenvalue weighted by molar-refractivity contribution is -0.116. The summed E-state index contributed by atoms with van der Waals surface area (Å²) in [6.07, 6.45) is 1.05. The van der Waals surface area contributed by atoms with Crippen LogP contribution in [0.5, 0.6) is 0 Å². The summed E-state index contributed by atoms with van der Waals surface area (Å²) in [6, 6.07) is 7.01. The minimum absolute atomic E-state index is 0.0242. The highest BCUT2D eigenvalue weighted by atomic mass is 32.2. The third-order valence-corrected chi connectivity index (χ3v) is 4.78. The lowest BCUT2D eigenvalue weighted by Crippen LogP contribution is -2.33. The van der Waals surface area contributed by atoms with Gasteiger partial charge in [-0.1, -0.05) is 30.8 Å². The van der Waals surface area contributed by atoms with E-state index in [0.29, 0.717) is 24.3 Å². The van der Waals surface area contributed by atoms with Gasteiger partial charge in [-0.05, 0) is 25.5 Å². The van der Waals surface area contributed by atoms with Crippen molar-refractivity contribution in [1.82, 2.24) is 10.2 Å². The summed E-state index contributed by atoms with van der Waals surface area (Å²) in [6.45, 7) is 5.02. The number of hydrogen-bond donors (Lipinski definition) is 2. The van der Waals surface area contributed by atoms with E-state index in [0.717, 1.165) is 12.2 Å². The van der Waals surface area contributed by atoms with Crippen molar-refractivity contribution in [2.24, 2.45) is 0 Å². The molecule has 1 atom stereocenters. The number of carbonyl (C=O) groups excluding carboxylic acids is 3. The van der Waals surface area contributed by atoms with Gasteiger partial charge < -0.3 is 15.5 Å². The maximum absolute atomic E-state index is 12.3. The Bertz CT molecular complexity index is 621. The SMILES string of the molecule is CC[C@@H](C)NC(=O)c1ccccc1NC(=O)CCN1CCSC1=O. The van der Waals surface area contributed by atoms with Crippen molar-refractivity contribution in [2.45, 2.75) is 32.7 Å². The number of hydrogen-bond acceptors (Lipinski definition) is 4. The van der Waals surface area contributed by atoms with Crippen LogP contribution in [0.1, 0.15) is 37.0 Å². The maximum Gasteiger partial charge on any atom is 0.281 e. The molecule has 24 heavy (non-hydrogen) atoms. The molecule has 1 aliphatic heterocycles. The van der Waals surface area contributed by atoms with Crippen LogP contribution in [0.25, 0.3) is 0 Å². The molecule has 0 bridgehead atoms. The van der Waals surface area contributed by atoms with E-state index in [1.54, 1.807) is 29.2 Å². The first-order valence-corrected chi connectivity index (χ1v) is 9.11. The summed E-state index contributed by atoms with van der Waals surface area (Å²) in [5.74, 6) is 0.369. The minimum atomic E-state index is -0.205. The molecule has 0 spiro atoms. The van der Waals surface area contributed by atoms with Crippen LogP contribution in [-0.2, 0) is 4.79 Å². The molecule has 0 radical (unpaired) electrons. The maximum atomic E-state index is 12.3. The molecule has 7 heteroatoms. The summed E-state index contributed by atoms with van der Waals surface area (Å²) < 4.78 is 0. The molecule has 0 unspecified atom stereocenters. The zero-order valence-corrected chi connectivity index (χ0v) is 14.8. The van der Waals surface area contributed by atoms with E-state index in [9.17, 15) is 14.4 Å². The predicted octanol–water partition coefficient (Wildman–Crippen LogP) is 2.71. The Balaban J connectivity index is 1.95. The van der Waals surface area contributed by atoms with E-state index in [-0.39, 0.29) is 29.5 Å². The van der Waals surface area contributed by atoms with Crippen molar-refractivity contribution in [3.63, 3.8) is 0 Å². The largest absolute Gasteiger partial charge is 0.350 e. The number of amides is 3. The van der Waals surface area contributed by atoms with Crippen molar-refractivity contribution in [2.75, 3.05) is 24.2 Å². The number of anilines is 1. The molecule has 130 valence electrons. The van der Waals surface area contributed by atoms with Crippen molar-refractivity contribution < 1.29 is 14.4 Å². The Morgan fingerprint density at radius 1 is 1.33 bits per heavy atom. The van der Waals surface area contributed by atoms with Gasteiger partial charge in [0.05, 0.1) is 11.3 Å². The molecule has 0 saturated carbocycles. The van der Waals surface area contributed by atoms with Crippen LogP contribution in [0.2, 0.25) is 0 Å². The molecule has 0 aliphatic carbocycles. The van der Waals surface area contributed by atoms with Gasteiger partial charge in [-0.2, -0.15) is 0 Å². The van der Waals surface area contributed by atoms with Gasteiger partial charge in [0.25, 0.3) is 11.1 Å². The average molecular weight is 349 g/mol.